The van der Waals surface area contributed by atoms with Gasteiger partial charge >= 0.3 is 12.1 Å². The highest BCUT2D eigenvalue weighted by atomic mass is 16.6. The lowest BCUT2D eigenvalue weighted by atomic mass is 10.2. The van der Waals surface area contributed by atoms with Crippen molar-refractivity contribution in [3.8, 4) is 0 Å². The van der Waals surface area contributed by atoms with Gasteiger partial charge in [0, 0.05) is 0 Å². The predicted octanol–water partition coefficient (Wildman–Crippen LogP) is 3.58. The van der Waals surface area contributed by atoms with Gasteiger partial charge in [0.2, 0.25) is 0 Å². The molecule has 0 saturated heterocycles. The SMILES string of the molecule is C=CCC(NC(=O)OCCCCCC)C(=O)OCCCC. The van der Waals surface area contributed by atoms with Crippen LogP contribution in [0.5, 0.6) is 0 Å². The van der Waals surface area contributed by atoms with E-state index < -0.39 is 18.1 Å². The molecule has 1 N–H and O–H groups in total. The molecule has 0 spiro atoms. The van der Waals surface area contributed by atoms with Crippen molar-refractivity contribution in [2.24, 2.45) is 0 Å². The lowest BCUT2D eigenvalue weighted by Gasteiger charge is -2.16. The molecular formula is C16H29NO4. The highest BCUT2D eigenvalue weighted by Gasteiger charge is 2.21. The van der Waals surface area contributed by atoms with Crippen LogP contribution in [0.2, 0.25) is 0 Å². The van der Waals surface area contributed by atoms with Crippen LogP contribution in [-0.4, -0.2) is 31.3 Å². The fraction of sp³-hybridized carbons (Fsp3) is 0.750. The first-order chi connectivity index (χ1) is 10.2. The lowest BCUT2D eigenvalue weighted by Crippen LogP contribution is -2.42. The minimum atomic E-state index is -0.720. The summed E-state index contributed by atoms with van der Waals surface area (Å²) in [7, 11) is 0. The fourth-order valence-corrected chi connectivity index (χ4v) is 1.68. The quantitative estimate of drug-likeness (QED) is 0.340. The third-order valence-electron chi connectivity index (χ3n) is 2.95. The molecule has 122 valence electrons. The van der Waals surface area contributed by atoms with Gasteiger partial charge in [0.15, 0.2) is 0 Å². The van der Waals surface area contributed by atoms with Crippen LogP contribution >= 0.6 is 0 Å². The summed E-state index contributed by atoms with van der Waals surface area (Å²) < 4.78 is 10.1. The first kappa shape index (κ1) is 19.5. The molecule has 5 heteroatoms. The summed E-state index contributed by atoms with van der Waals surface area (Å²) in [5, 5.41) is 2.53. The number of carbonyl (C=O) groups excluding carboxylic acids is 2. The van der Waals surface area contributed by atoms with Gasteiger partial charge in [-0.1, -0.05) is 45.6 Å². The molecule has 5 nitrogen and oxygen atoms in total. The second kappa shape index (κ2) is 13.5. The Morgan fingerprint density at radius 1 is 1.05 bits per heavy atom. The number of unbranched alkanes of at least 4 members (excludes halogenated alkanes) is 4. The van der Waals surface area contributed by atoms with Crippen LogP contribution in [0.3, 0.4) is 0 Å². The number of hydrogen-bond donors (Lipinski definition) is 1. The van der Waals surface area contributed by atoms with Gasteiger partial charge in [-0.15, -0.1) is 6.58 Å². The molecule has 0 aromatic rings. The number of nitrogens with one attached hydrogen (secondary N) is 1. The first-order valence-corrected chi connectivity index (χ1v) is 7.86. The number of alkyl carbamates (subject to hydrolysis) is 1. The van der Waals surface area contributed by atoms with Crippen LogP contribution in [0.4, 0.5) is 4.79 Å². The Morgan fingerprint density at radius 3 is 2.33 bits per heavy atom. The number of rotatable bonds is 12. The van der Waals surface area contributed by atoms with Crippen LogP contribution in [0.25, 0.3) is 0 Å². The molecule has 0 saturated carbocycles. The Bertz CT molecular complexity index is 305. The van der Waals surface area contributed by atoms with Crippen LogP contribution in [0.15, 0.2) is 12.7 Å². The molecular weight excluding hydrogens is 270 g/mol. The van der Waals surface area contributed by atoms with Crippen LogP contribution < -0.4 is 5.32 Å². The van der Waals surface area contributed by atoms with E-state index in [1.807, 2.05) is 6.92 Å². The summed E-state index contributed by atoms with van der Waals surface area (Å²) in [6, 6.07) is -0.720. The van der Waals surface area contributed by atoms with Crippen molar-refractivity contribution in [2.75, 3.05) is 13.2 Å². The van der Waals surface area contributed by atoms with Gasteiger partial charge in [-0.3, -0.25) is 0 Å². The van der Waals surface area contributed by atoms with Gasteiger partial charge in [-0.05, 0) is 19.3 Å². The van der Waals surface area contributed by atoms with Crippen LogP contribution in [-0.2, 0) is 14.3 Å². The largest absolute Gasteiger partial charge is 0.464 e. The maximum absolute atomic E-state index is 11.8. The molecule has 1 amide bonds. The monoisotopic (exact) mass is 299 g/mol. The number of amides is 1. The summed E-state index contributed by atoms with van der Waals surface area (Å²) in [4.78, 5) is 23.4. The molecule has 0 heterocycles. The van der Waals surface area contributed by atoms with Crippen molar-refractivity contribution in [1.29, 1.82) is 0 Å². The Morgan fingerprint density at radius 2 is 1.71 bits per heavy atom. The van der Waals surface area contributed by atoms with Gasteiger partial charge in [0.1, 0.15) is 6.04 Å². The van der Waals surface area contributed by atoms with Crippen LogP contribution in [0.1, 0.15) is 58.8 Å². The van der Waals surface area contributed by atoms with Gasteiger partial charge in [-0.2, -0.15) is 0 Å². The Kier molecular flexibility index (Phi) is 12.5. The van der Waals surface area contributed by atoms with Crippen LogP contribution in [0, 0.1) is 0 Å². The first-order valence-electron chi connectivity index (χ1n) is 7.86. The maximum Gasteiger partial charge on any atom is 0.407 e. The zero-order valence-electron chi connectivity index (χ0n) is 13.4. The molecule has 0 bridgehead atoms. The number of hydrogen-bond acceptors (Lipinski definition) is 4. The molecule has 0 aromatic heterocycles. The zero-order valence-corrected chi connectivity index (χ0v) is 13.4. The van der Waals surface area contributed by atoms with E-state index in [0.717, 1.165) is 38.5 Å². The standard InChI is InChI=1S/C16H29NO4/c1-4-7-9-10-13-21-16(19)17-14(11-6-3)15(18)20-12-8-5-2/h6,14H,3-5,7-13H2,1-2H3,(H,17,19). The fourth-order valence-electron chi connectivity index (χ4n) is 1.68. The number of carbonyl (C=O) groups is 2. The highest BCUT2D eigenvalue weighted by Crippen LogP contribution is 2.01. The minimum absolute atomic E-state index is 0.329. The average molecular weight is 299 g/mol. The summed E-state index contributed by atoms with van der Waals surface area (Å²) in [5.41, 5.74) is 0. The summed E-state index contributed by atoms with van der Waals surface area (Å²) in [6.45, 7) is 8.47. The van der Waals surface area contributed by atoms with Gasteiger partial charge in [0.05, 0.1) is 13.2 Å². The molecule has 0 radical (unpaired) electrons. The molecule has 0 aromatic carbocycles. The molecule has 1 atom stereocenters. The van der Waals surface area contributed by atoms with E-state index in [-0.39, 0.29) is 0 Å². The van der Waals surface area contributed by atoms with E-state index >= 15 is 0 Å². The number of esters is 1. The molecule has 1 unspecified atom stereocenters. The van der Waals surface area contributed by atoms with E-state index in [9.17, 15) is 9.59 Å². The second-order valence-corrected chi connectivity index (χ2v) is 4.94. The van der Waals surface area contributed by atoms with Gasteiger partial charge in [-0.25, -0.2) is 9.59 Å². The Balaban J connectivity index is 4.02. The zero-order chi connectivity index (χ0) is 15.9. The summed E-state index contributed by atoms with van der Waals surface area (Å²) >= 11 is 0. The molecule has 0 fully saturated rings. The molecule has 21 heavy (non-hydrogen) atoms. The Hall–Kier alpha value is -1.52. The predicted molar refractivity (Wildman–Crippen MR) is 83.1 cm³/mol. The summed E-state index contributed by atoms with van der Waals surface area (Å²) in [5.74, 6) is -0.439. The average Bonchev–Trinajstić information content (AvgIpc) is 2.46. The maximum atomic E-state index is 11.8. The lowest BCUT2D eigenvalue weighted by molar-refractivity contribution is -0.146. The third kappa shape index (κ3) is 10.9. The second-order valence-electron chi connectivity index (χ2n) is 4.94. The van der Waals surface area contributed by atoms with Crippen molar-refractivity contribution in [3.05, 3.63) is 12.7 Å². The van der Waals surface area contributed by atoms with E-state index in [0.29, 0.717) is 19.6 Å². The molecule has 0 rings (SSSR count). The van der Waals surface area contributed by atoms with Gasteiger partial charge < -0.3 is 14.8 Å². The normalized spacial score (nSPS) is 11.5. The van der Waals surface area contributed by atoms with E-state index in [1.165, 1.54) is 0 Å². The minimum Gasteiger partial charge on any atom is -0.464 e. The third-order valence-corrected chi connectivity index (χ3v) is 2.95. The Labute approximate surface area is 128 Å². The van der Waals surface area contributed by atoms with Crippen molar-refractivity contribution < 1.29 is 19.1 Å². The molecule has 0 aliphatic heterocycles. The highest BCUT2D eigenvalue weighted by molar-refractivity contribution is 5.81. The molecule has 0 aliphatic carbocycles. The topological polar surface area (TPSA) is 64.6 Å². The summed E-state index contributed by atoms with van der Waals surface area (Å²) in [6.07, 6.45) is 7.24. The number of ether oxygens (including phenoxy) is 2. The van der Waals surface area contributed by atoms with E-state index in [1.54, 1.807) is 6.08 Å². The van der Waals surface area contributed by atoms with E-state index in [2.05, 4.69) is 18.8 Å². The van der Waals surface area contributed by atoms with Crippen molar-refractivity contribution in [2.45, 2.75) is 64.8 Å². The van der Waals surface area contributed by atoms with Crippen molar-refractivity contribution in [3.63, 3.8) is 0 Å². The smallest absolute Gasteiger partial charge is 0.407 e. The van der Waals surface area contributed by atoms with Crippen molar-refractivity contribution in [1.82, 2.24) is 5.32 Å². The van der Waals surface area contributed by atoms with Gasteiger partial charge in [0.25, 0.3) is 0 Å². The molecule has 0 aliphatic rings. The van der Waals surface area contributed by atoms with Crippen molar-refractivity contribution >= 4 is 12.1 Å². The van der Waals surface area contributed by atoms with E-state index in [4.69, 9.17) is 9.47 Å².